The van der Waals surface area contributed by atoms with Gasteiger partial charge in [0.2, 0.25) is 0 Å². The molecule has 0 unspecified atom stereocenters. The molecular weight excluding hydrogens is 490 g/mol. The van der Waals surface area contributed by atoms with Gasteiger partial charge in [0.1, 0.15) is 0 Å². The predicted octanol–water partition coefficient (Wildman–Crippen LogP) is 9.52. The Bertz CT molecular complexity index is 1730. The standard InChI is InChI=1S/C33H24BrN/c1-33(2)28-15-6-3-12-23(28)27-19-26(30(34)20-29(27)33)21-10-9-11-22(18-21)35-31-16-7-4-13-24(31)25-14-5-8-17-32(25)35/h3-20H,1-2H3. The summed E-state index contributed by atoms with van der Waals surface area (Å²) in [6, 6.07) is 39.8. The first kappa shape index (κ1) is 20.7. The van der Waals surface area contributed by atoms with Crippen LogP contribution in [0, 0.1) is 0 Å². The zero-order valence-corrected chi connectivity index (χ0v) is 21.3. The Hall–Kier alpha value is -3.62. The van der Waals surface area contributed by atoms with Crippen molar-refractivity contribution >= 4 is 37.7 Å². The third kappa shape index (κ3) is 2.93. The van der Waals surface area contributed by atoms with Crippen molar-refractivity contribution in [3.63, 3.8) is 0 Å². The molecule has 6 aromatic rings. The maximum atomic E-state index is 3.93. The summed E-state index contributed by atoms with van der Waals surface area (Å²) in [6.07, 6.45) is 0. The largest absolute Gasteiger partial charge is 0.309 e. The van der Waals surface area contributed by atoms with Gasteiger partial charge in [-0.2, -0.15) is 0 Å². The van der Waals surface area contributed by atoms with Crippen molar-refractivity contribution in [1.82, 2.24) is 4.57 Å². The van der Waals surface area contributed by atoms with Crippen molar-refractivity contribution < 1.29 is 0 Å². The van der Waals surface area contributed by atoms with Crippen LogP contribution in [0.2, 0.25) is 0 Å². The third-order valence-corrected chi connectivity index (χ3v) is 8.32. The SMILES string of the molecule is CC1(C)c2ccccc2-c2cc(-c3cccc(-n4c5ccccc5c5ccccc54)c3)c(Br)cc21. The first-order chi connectivity index (χ1) is 17.0. The molecule has 168 valence electrons. The van der Waals surface area contributed by atoms with E-state index in [1.807, 2.05) is 0 Å². The minimum Gasteiger partial charge on any atom is -0.309 e. The first-order valence-electron chi connectivity index (χ1n) is 12.1. The predicted molar refractivity (Wildman–Crippen MR) is 151 cm³/mol. The molecule has 0 radical (unpaired) electrons. The smallest absolute Gasteiger partial charge is 0.0541 e. The van der Waals surface area contributed by atoms with E-state index in [-0.39, 0.29) is 5.41 Å². The molecule has 5 aromatic carbocycles. The van der Waals surface area contributed by atoms with Crippen molar-refractivity contribution in [2.24, 2.45) is 0 Å². The van der Waals surface area contributed by atoms with E-state index in [1.165, 1.54) is 60.9 Å². The number of halogens is 1. The normalized spacial score (nSPS) is 13.8. The van der Waals surface area contributed by atoms with E-state index in [0.29, 0.717) is 0 Å². The summed E-state index contributed by atoms with van der Waals surface area (Å²) in [5.74, 6) is 0. The molecule has 1 aliphatic carbocycles. The van der Waals surface area contributed by atoms with Gasteiger partial charge in [0.05, 0.1) is 11.0 Å². The van der Waals surface area contributed by atoms with E-state index in [1.54, 1.807) is 0 Å². The monoisotopic (exact) mass is 513 g/mol. The Balaban J connectivity index is 1.45. The lowest BCUT2D eigenvalue weighted by molar-refractivity contribution is 0.660. The van der Waals surface area contributed by atoms with E-state index in [4.69, 9.17) is 0 Å². The zero-order chi connectivity index (χ0) is 23.7. The molecular formula is C33H24BrN. The molecule has 7 rings (SSSR count). The Morgan fingerprint density at radius 2 is 1.23 bits per heavy atom. The van der Waals surface area contributed by atoms with Gasteiger partial charge >= 0.3 is 0 Å². The highest BCUT2D eigenvalue weighted by atomic mass is 79.9. The average Bonchev–Trinajstić information content (AvgIpc) is 3.33. The number of hydrogen-bond acceptors (Lipinski definition) is 0. The minimum absolute atomic E-state index is 0.00219. The van der Waals surface area contributed by atoms with Gasteiger partial charge in [-0.25, -0.2) is 0 Å². The molecule has 1 aromatic heterocycles. The maximum absolute atomic E-state index is 3.93. The molecule has 0 saturated heterocycles. The Morgan fingerprint density at radius 1 is 0.571 bits per heavy atom. The lowest BCUT2D eigenvalue weighted by Gasteiger charge is -2.22. The van der Waals surface area contributed by atoms with Crippen LogP contribution in [-0.2, 0) is 5.41 Å². The minimum atomic E-state index is -0.00219. The van der Waals surface area contributed by atoms with Crippen LogP contribution in [-0.4, -0.2) is 4.57 Å². The third-order valence-electron chi connectivity index (χ3n) is 7.67. The summed E-state index contributed by atoms with van der Waals surface area (Å²) in [5, 5.41) is 2.57. The molecule has 1 aliphatic rings. The van der Waals surface area contributed by atoms with Crippen molar-refractivity contribution in [2.45, 2.75) is 19.3 Å². The number of hydrogen-bond donors (Lipinski definition) is 0. The summed E-state index contributed by atoms with van der Waals surface area (Å²) in [7, 11) is 0. The highest BCUT2D eigenvalue weighted by Crippen LogP contribution is 2.51. The van der Waals surface area contributed by atoms with Gasteiger partial charge in [-0.05, 0) is 69.8 Å². The van der Waals surface area contributed by atoms with E-state index in [0.717, 1.165) is 4.47 Å². The topological polar surface area (TPSA) is 4.93 Å². The Morgan fingerprint density at radius 3 is 1.97 bits per heavy atom. The first-order valence-corrected chi connectivity index (χ1v) is 12.9. The van der Waals surface area contributed by atoms with Gasteiger partial charge in [0.25, 0.3) is 0 Å². The zero-order valence-electron chi connectivity index (χ0n) is 19.7. The van der Waals surface area contributed by atoms with E-state index >= 15 is 0 Å². The molecule has 0 fully saturated rings. The van der Waals surface area contributed by atoms with Gasteiger partial charge in [-0.15, -0.1) is 0 Å². The fourth-order valence-corrected chi connectivity index (χ4v) is 6.53. The molecule has 0 atom stereocenters. The van der Waals surface area contributed by atoms with Gasteiger partial charge < -0.3 is 4.57 Å². The number of rotatable bonds is 2. The summed E-state index contributed by atoms with van der Waals surface area (Å²) < 4.78 is 3.52. The molecule has 1 nitrogen and oxygen atoms in total. The fourth-order valence-electron chi connectivity index (χ4n) is 5.96. The molecule has 0 spiro atoms. The van der Waals surface area contributed by atoms with Gasteiger partial charge in [0, 0.05) is 26.3 Å². The lowest BCUT2D eigenvalue weighted by Crippen LogP contribution is -2.14. The van der Waals surface area contributed by atoms with Crippen LogP contribution < -0.4 is 0 Å². The molecule has 0 N–H and O–H groups in total. The quantitative estimate of drug-likeness (QED) is 0.217. The molecule has 0 amide bonds. The fraction of sp³-hybridized carbons (Fsp3) is 0.0909. The van der Waals surface area contributed by atoms with Crippen molar-refractivity contribution in [3.05, 3.63) is 125 Å². The van der Waals surface area contributed by atoms with Crippen molar-refractivity contribution in [2.75, 3.05) is 0 Å². The second kappa shape index (κ2) is 7.44. The number of para-hydroxylation sites is 2. The molecule has 35 heavy (non-hydrogen) atoms. The van der Waals surface area contributed by atoms with Gasteiger partial charge in [0.15, 0.2) is 0 Å². The molecule has 2 heteroatoms. The maximum Gasteiger partial charge on any atom is 0.0541 e. The van der Waals surface area contributed by atoms with Crippen LogP contribution in [0.15, 0.2) is 114 Å². The number of benzene rings is 5. The highest BCUT2D eigenvalue weighted by molar-refractivity contribution is 9.10. The van der Waals surface area contributed by atoms with Gasteiger partial charge in [-0.3, -0.25) is 0 Å². The van der Waals surface area contributed by atoms with Crippen LogP contribution >= 0.6 is 15.9 Å². The van der Waals surface area contributed by atoms with Crippen LogP contribution in [0.1, 0.15) is 25.0 Å². The molecule has 1 heterocycles. The Kier molecular flexibility index (Phi) is 4.40. The van der Waals surface area contributed by atoms with Gasteiger partial charge in [-0.1, -0.05) is 103 Å². The van der Waals surface area contributed by atoms with Crippen LogP contribution in [0.3, 0.4) is 0 Å². The number of aromatic nitrogens is 1. The molecule has 0 saturated carbocycles. The van der Waals surface area contributed by atoms with E-state index in [9.17, 15) is 0 Å². The highest BCUT2D eigenvalue weighted by Gasteiger charge is 2.35. The number of fused-ring (bicyclic) bond motifs is 6. The summed E-state index contributed by atoms with van der Waals surface area (Å²) >= 11 is 3.93. The van der Waals surface area contributed by atoms with E-state index in [2.05, 4.69) is 144 Å². The molecule has 0 aliphatic heterocycles. The average molecular weight is 514 g/mol. The summed E-state index contributed by atoms with van der Waals surface area (Å²) in [5.41, 5.74) is 11.5. The second-order valence-electron chi connectivity index (χ2n) is 9.97. The number of nitrogens with zero attached hydrogens (tertiary/aromatic N) is 1. The Labute approximate surface area is 213 Å². The van der Waals surface area contributed by atoms with Crippen LogP contribution in [0.4, 0.5) is 0 Å². The lowest BCUT2D eigenvalue weighted by atomic mass is 9.82. The van der Waals surface area contributed by atoms with E-state index < -0.39 is 0 Å². The van der Waals surface area contributed by atoms with Crippen molar-refractivity contribution in [1.29, 1.82) is 0 Å². The van der Waals surface area contributed by atoms with Crippen LogP contribution in [0.5, 0.6) is 0 Å². The second-order valence-corrected chi connectivity index (χ2v) is 10.8. The molecule has 0 bridgehead atoms. The summed E-state index contributed by atoms with van der Waals surface area (Å²) in [4.78, 5) is 0. The summed E-state index contributed by atoms with van der Waals surface area (Å²) in [6.45, 7) is 4.65. The van der Waals surface area contributed by atoms with Crippen LogP contribution in [0.25, 0.3) is 49.7 Å². The van der Waals surface area contributed by atoms with Crippen molar-refractivity contribution in [3.8, 4) is 27.9 Å².